The molecule has 1 amide bonds. The third-order valence-electron chi connectivity index (χ3n) is 4.81. The van der Waals surface area contributed by atoms with Gasteiger partial charge in [-0.2, -0.15) is 0 Å². The maximum atomic E-state index is 12.5. The van der Waals surface area contributed by atoms with Crippen molar-refractivity contribution < 1.29 is 4.79 Å². The number of benzene rings is 1. The van der Waals surface area contributed by atoms with E-state index in [1.165, 1.54) is 0 Å². The van der Waals surface area contributed by atoms with Crippen molar-refractivity contribution in [3.05, 3.63) is 78.4 Å². The molecule has 0 unspecified atom stereocenters. The number of aryl methyl sites for hydroxylation is 1. The van der Waals surface area contributed by atoms with Gasteiger partial charge in [0.25, 0.3) is 0 Å². The van der Waals surface area contributed by atoms with Crippen molar-refractivity contribution in [1.82, 2.24) is 19.4 Å². The second kappa shape index (κ2) is 8.08. The molecule has 6 heteroatoms. The summed E-state index contributed by atoms with van der Waals surface area (Å²) in [7, 11) is 0. The van der Waals surface area contributed by atoms with E-state index in [2.05, 4.69) is 14.9 Å². The summed E-state index contributed by atoms with van der Waals surface area (Å²) in [5.74, 6) is 2.56. The van der Waals surface area contributed by atoms with Crippen LogP contribution < -0.4 is 4.90 Å². The summed E-state index contributed by atoms with van der Waals surface area (Å²) in [6.07, 6.45) is 7.47. The van der Waals surface area contributed by atoms with E-state index >= 15 is 0 Å². The fraction of sp³-hybridized carbons (Fsp3) is 0.227. The summed E-state index contributed by atoms with van der Waals surface area (Å²) in [5.41, 5.74) is 1.03. The molecule has 0 spiro atoms. The number of hydrogen-bond acceptors (Lipinski definition) is 4. The monoisotopic (exact) mass is 373 g/mol. The summed E-state index contributed by atoms with van der Waals surface area (Å²) in [6.45, 7) is 4.78. The van der Waals surface area contributed by atoms with Crippen molar-refractivity contribution in [1.29, 1.82) is 0 Å². The molecule has 0 atom stereocenters. The van der Waals surface area contributed by atoms with E-state index in [1.54, 1.807) is 6.08 Å². The number of piperazine rings is 1. The molecule has 1 aromatic carbocycles. The fourth-order valence-corrected chi connectivity index (χ4v) is 3.31. The molecule has 1 aliphatic heterocycles. The van der Waals surface area contributed by atoms with Gasteiger partial charge in [-0.3, -0.25) is 4.79 Å². The number of rotatable bonds is 4. The lowest BCUT2D eigenvalue weighted by Gasteiger charge is -2.35. The van der Waals surface area contributed by atoms with Gasteiger partial charge in [0.1, 0.15) is 17.5 Å². The topological polar surface area (TPSA) is 54.3 Å². The predicted octanol–water partition coefficient (Wildman–Crippen LogP) is 2.94. The van der Waals surface area contributed by atoms with Crippen molar-refractivity contribution in [2.24, 2.45) is 0 Å². The smallest absolute Gasteiger partial charge is 0.246 e. The highest BCUT2D eigenvalue weighted by atomic mass is 16.2. The molecule has 28 heavy (non-hydrogen) atoms. The zero-order valence-electron chi connectivity index (χ0n) is 15.9. The average Bonchev–Trinajstić information content (AvgIpc) is 3.27. The van der Waals surface area contributed by atoms with Gasteiger partial charge in [0.15, 0.2) is 0 Å². The van der Waals surface area contributed by atoms with E-state index < -0.39 is 0 Å². The molecular formula is C22H23N5O. The minimum Gasteiger partial charge on any atom is -0.353 e. The van der Waals surface area contributed by atoms with E-state index in [-0.39, 0.29) is 5.91 Å². The van der Waals surface area contributed by atoms with E-state index in [4.69, 9.17) is 0 Å². The summed E-state index contributed by atoms with van der Waals surface area (Å²) in [4.78, 5) is 25.7. The lowest BCUT2D eigenvalue weighted by Crippen LogP contribution is -2.48. The van der Waals surface area contributed by atoms with Gasteiger partial charge in [0.05, 0.1) is 0 Å². The maximum Gasteiger partial charge on any atom is 0.246 e. The minimum atomic E-state index is 0.0513. The first-order valence-electron chi connectivity index (χ1n) is 9.45. The molecular weight excluding hydrogens is 350 g/mol. The second-order valence-corrected chi connectivity index (χ2v) is 6.78. The number of carbonyl (C=O) groups excluding carboxylic acids is 1. The summed E-state index contributed by atoms with van der Waals surface area (Å²) < 4.78 is 1.98. The third-order valence-corrected chi connectivity index (χ3v) is 4.81. The van der Waals surface area contributed by atoms with Crippen LogP contribution in [0.1, 0.15) is 11.4 Å². The van der Waals surface area contributed by atoms with Crippen LogP contribution in [0.25, 0.3) is 11.9 Å². The van der Waals surface area contributed by atoms with Gasteiger partial charge >= 0.3 is 0 Å². The third kappa shape index (κ3) is 4.11. The van der Waals surface area contributed by atoms with Crippen LogP contribution in [0.2, 0.25) is 0 Å². The van der Waals surface area contributed by atoms with Gasteiger partial charge in [0.2, 0.25) is 5.91 Å². The average molecular weight is 373 g/mol. The van der Waals surface area contributed by atoms with Gasteiger partial charge < -0.3 is 14.4 Å². The standard InChI is InChI=1S/C22H23N5O/c1-18-23-20(25-11-5-6-12-25)17-21(24-18)26-13-15-27(16-14-26)22(28)10-9-19-7-3-2-4-8-19/h2-12,17H,13-16H2,1H3. The van der Waals surface area contributed by atoms with Crippen molar-refractivity contribution in [2.45, 2.75) is 6.92 Å². The Balaban J connectivity index is 1.40. The van der Waals surface area contributed by atoms with Crippen molar-refractivity contribution in [3.63, 3.8) is 0 Å². The number of aromatic nitrogens is 3. The molecule has 0 saturated carbocycles. The SMILES string of the molecule is Cc1nc(N2CCN(C(=O)C=Cc3ccccc3)CC2)cc(-n2cccc2)n1. The van der Waals surface area contributed by atoms with Crippen LogP contribution in [-0.4, -0.2) is 51.5 Å². The maximum absolute atomic E-state index is 12.5. The zero-order chi connectivity index (χ0) is 19.3. The Kier molecular flexibility index (Phi) is 5.19. The Morgan fingerprint density at radius 3 is 2.32 bits per heavy atom. The van der Waals surface area contributed by atoms with Crippen LogP contribution in [0, 0.1) is 6.92 Å². The Morgan fingerprint density at radius 2 is 1.61 bits per heavy atom. The molecule has 142 valence electrons. The fourth-order valence-electron chi connectivity index (χ4n) is 3.31. The second-order valence-electron chi connectivity index (χ2n) is 6.78. The summed E-state index contributed by atoms with van der Waals surface area (Å²) in [6, 6.07) is 15.8. The zero-order valence-corrected chi connectivity index (χ0v) is 15.9. The number of anilines is 1. The summed E-state index contributed by atoms with van der Waals surface area (Å²) in [5, 5.41) is 0. The molecule has 3 heterocycles. The van der Waals surface area contributed by atoms with Crippen molar-refractivity contribution >= 4 is 17.8 Å². The minimum absolute atomic E-state index is 0.0513. The molecule has 2 aromatic heterocycles. The first kappa shape index (κ1) is 18.0. The molecule has 4 rings (SSSR count). The highest BCUT2D eigenvalue weighted by molar-refractivity contribution is 5.91. The van der Waals surface area contributed by atoms with Crippen LogP contribution in [0.5, 0.6) is 0 Å². The Morgan fingerprint density at radius 1 is 0.929 bits per heavy atom. The molecule has 6 nitrogen and oxygen atoms in total. The Hall–Kier alpha value is -3.41. The molecule has 1 aliphatic rings. The van der Waals surface area contributed by atoms with Crippen LogP contribution in [-0.2, 0) is 4.79 Å². The number of hydrogen-bond donors (Lipinski definition) is 0. The summed E-state index contributed by atoms with van der Waals surface area (Å²) >= 11 is 0. The molecule has 0 bridgehead atoms. The van der Waals surface area contributed by atoms with E-state index in [1.807, 2.05) is 83.4 Å². The van der Waals surface area contributed by atoms with Crippen LogP contribution in [0.4, 0.5) is 5.82 Å². The molecule has 0 aliphatic carbocycles. The van der Waals surface area contributed by atoms with Crippen molar-refractivity contribution in [3.8, 4) is 5.82 Å². The lowest BCUT2D eigenvalue weighted by molar-refractivity contribution is -0.126. The molecule has 0 N–H and O–H groups in total. The number of amides is 1. The molecule has 0 radical (unpaired) electrons. The Labute approximate surface area is 164 Å². The first-order chi connectivity index (χ1) is 13.7. The Bertz CT molecular complexity index is 958. The van der Waals surface area contributed by atoms with Gasteiger partial charge in [0, 0.05) is 50.7 Å². The van der Waals surface area contributed by atoms with Gasteiger partial charge in [-0.05, 0) is 30.7 Å². The van der Waals surface area contributed by atoms with Crippen molar-refractivity contribution in [2.75, 3.05) is 31.1 Å². The van der Waals surface area contributed by atoms with Gasteiger partial charge in [-0.25, -0.2) is 9.97 Å². The molecule has 3 aromatic rings. The highest BCUT2D eigenvalue weighted by Gasteiger charge is 2.21. The van der Waals surface area contributed by atoms with Crippen LogP contribution >= 0.6 is 0 Å². The number of nitrogens with zero attached hydrogens (tertiary/aromatic N) is 5. The first-order valence-corrected chi connectivity index (χ1v) is 9.45. The highest BCUT2D eigenvalue weighted by Crippen LogP contribution is 2.18. The van der Waals surface area contributed by atoms with Crippen LogP contribution in [0.3, 0.4) is 0 Å². The van der Waals surface area contributed by atoms with E-state index in [0.717, 1.165) is 36.1 Å². The van der Waals surface area contributed by atoms with E-state index in [0.29, 0.717) is 13.1 Å². The predicted molar refractivity (Wildman–Crippen MR) is 110 cm³/mol. The molecule has 1 saturated heterocycles. The van der Waals surface area contributed by atoms with Gasteiger partial charge in [-0.1, -0.05) is 30.3 Å². The largest absolute Gasteiger partial charge is 0.353 e. The molecule has 1 fully saturated rings. The quantitative estimate of drug-likeness (QED) is 0.660. The normalized spacial score (nSPS) is 14.6. The van der Waals surface area contributed by atoms with Crippen LogP contribution in [0.15, 0.2) is 67.0 Å². The lowest BCUT2D eigenvalue weighted by atomic mass is 10.2. The van der Waals surface area contributed by atoms with Gasteiger partial charge in [-0.15, -0.1) is 0 Å². The number of carbonyl (C=O) groups is 1. The van der Waals surface area contributed by atoms with E-state index in [9.17, 15) is 4.79 Å².